The Morgan fingerprint density at radius 3 is 2.11 bits per heavy atom. The third-order valence-electron chi connectivity index (χ3n) is 4.14. The fourth-order valence-corrected chi connectivity index (χ4v) is 2.74. The summed E-state index contributed by atoms with van der Waals surface area (Å²) >= 11 is 0. The van der Waals surface area contributed by atoms with Crippen molar-refractivity contribution in [3.8, 4) is 0 Å². The van der Waals surface area contributed by atoms with Crippen LogP contribution in [0.25, 0.3) is 0 Å². The first-order chi connectivity index (χ1) is 13.5. The largest absolute Gasteiger partial charge is 0.345 e. The number of amides is 2. The van der Waals surface area contributed by atoms with E-state index < -0.39 is 23.6 Å². The molecule has 0 aliphatic heterocycles. The van der Waals surface area contributed by atoms with Gasteiger partial charge >= 0.3 is 0 Å². The van der Waals surface area contributed by atoms with Crippen molar-refractivity contribution >= 4 is 17.5 Å². The number of carbonyl (C=O) groups excluding carboxylic acids is 2. The molecule has 28 heavy (non-hydrogen) atoms. The summed E-state index contributed by atoms with van der Waals surface area (Å²) in [6, 6.07) is 20.3. The van der Waals surface area contributed by atoms with E-state index >= 15 is 0 Å². The maximum Gasteiger partial charge on any atom is 0.251 e. The van der Waals surface area contributed by atoms with Gasteiger partial charge < -0.3 is 10.6 Å². The third kappa shape index (κ3) is 5.01. The van der Waals surface area contributed by atoms with Gasteiger partial charge in [-0.05, 0) is 29.8 Å². The summed E-state index contributed by atoms with van der Waals surface area (Å²) in [5, 5.41) is 5.38. The Bertz CT molecular complexity index is 963. The van der Waals surface area contributed by atoms with Crippen molar-refractivity contribution in [3.05, 3.63) is 102 Å². The molecule has 0 fully saturated rings. The van der Waals surface area contributed by atoms with Crippen LogP contribution in [-0.2, 0) is 4.79 Å². The van der Waals surface area contributed by atoms with Gasteiger partial charge in [-0.3, -0.25) is 9.59 Å². The summed E-state index contributed by atoms with van der Waals surface area (Å²) in [5.74, 6) is -2.78. The second kappa shape index (κ2) is 8.90. The van der Waals surface area contributed by atoms with Crippen molar-refractivity contribution < 1.29 is 18.4 Å². The lowest BCUT2D eigenvalue weighted by molar-refractivity contribution is -0.116. The minimum absolute atomic E-state index is 0.0679. The molecule has 3 rings (SSSR count). The molecular weight excluding hydrogens is 362 g/mol. The summed E-state index contributed by atoms with van der Waals surface area (Å²) in [6.07, 6.45) is -0.0679. The Morgan fingerprint density at radius 2 is 1.46 bits per heavy atom. The number of rotatable bonds is 6. The Balaban J connectivity index is 1.74. The zero-order valence-electron chi connectivity index (χ0n) is 14.9. The lowest BCUT2D eigenvalue weighted by atomic mass is 10.0. The third-order valence-corrected chi connectivity index (χ3v) is 4.14. The monoisotopic (exact) mass is 380 g/mol. The van der Waals surface area contributed by atoms with Crippen LogP contribution in [0.5, 0.6) is 0 Å². The Hall–Kier alpha value is -3.54. The van der Waals surface area contributed by atoms with E-state index in [4.69, 9.17) is 0 Å². The van der Waals surface area contributed by atoms with Gasteiger partial charge in [-0.2, -0.15) is 0 Å². The second-order valence-corrected chi connectivity index (χ2v) is 6.18. The lowest BCUT2D eigenvalue weighted by Gasteiger charge is -2.19. The number of hydrogen-bond donors (Lipinski definition) is 2. The number of halogens is 2. The molecule has 0 unspecified atom stereocenters. The summed E-state index contributed by atoms with van der Waals surface area (Å²) < 4.78 is 26.4. The molecule has 0 saturated heterocycles. The zero-order chi connectivity index (χ0) is 19.9. The fraction of sp³-hybridized carbons (Fsp3) is 0.0909. The molecule has 3 aromatic carbocycles. The van der Waals surface area contributed by atoms with Crippen molar-refractivity contribution in [2.24, 2.45) is 0 Å². The topological polar surface area (TPSA) is 58.2 Å². The zero-order valence-corrected chi connectivity index (χ0v) is 14.9. The summed E-state index contributed by atoms with van der Waals surface area (Å²) in [4.78, 5) is 24.9. The SMILES string of the molecule is O=C(C[C@H](NC(=O)c1ccccc1)c1ccccc1)Nc1ccc(F)c(F)c1. The highest BCUT2D eigenvalue weighted by Crippen LogP contribution is 2.19. The van der Waals surface area contributed by atoms with Crippen molar-refractivity contribution in [3.63, 3.8) is 0 Å². The summed E-state index contributed by atoms with van der Waals surface area (Å²) in [5.41, 5.74) is 1.38. The highest BCUT2D eigenvalue weighted by atomic mass is 19.2. The Kier molecular flexibility index (Phi) is 6.11. The molecule has 0 spiro atoms. The van der Waals surface area contributed by atoms with Gasteiger partial charge in [0.2, 0.25) is 5.91 Å². The molecule has 0 heterocycles. The number of benzene rings is 3. The van der Waals surface area contributed by atoms with E-state index in [2.05, 4.69) is 10.6 Å². The van der Waals surface area contributed by atoms with Crippen LogP contribution in [-0.4, -0.2) is 11.8 Å². The van der Waals surface area contributed by atoms with Gasteiger partial charge in [0.05, 0.1) is 12.5 Å². The van der Waals surface area contributed by atoms with E-state index in [1.807, 2.05) is 18.2 Å². The maximum atomic E-state index is 13.3. The maximum absolute atomic E-state index is 13.3. The predicted octanol–water partition coefficient (Wildman–Crippen LogP) is 4.46. The molecule has 3 aromatic rings. The number of nitrogens with one attached hydrogen (secondary N) is 2. The predicted molar refractivity (Wildman–Crippen MR) is 103 cm³/mol. The molecule has 0 radical (unpaired) electrons. The van der Waals surface area contributed by atoms with Gasteiger partial charge in [0.25, 0.3) is 5.91 Å². The average molecular weight is 380 g/mol. The first-order valence-electron chi connectivity index (χ1n) is 8.68. The molecule has 6 heteroatoms. The van der Waals surface area contributed by atoms with Crippen molar-refractivity contribution in [1.29, 1.82) is 0 Å². The number of hydrogen-bond acceptors (Lipinski definition) is 2. The van der Waals surface area contributed by atoms with Crippen LogP contribution < -0.4 is 10.6 Å². The van der Waals surface area contributed by atoms with E-state index in [0.717, 1.165) is 17.7 Å². The van der Waals surface area contributed by atoms with Gasteiger partial charge in [-0.15, -0.1) is 0 Å². The van der Waals surface area contributed by atoms with E-state index in [1.165, 1.54) is 6.07 Å². The summed E-state index contributed by atoms with van der Waals surface area (Å²) in [6.45, 7) is 0. The molecular formula is C22H18F2N2O2. The highest BCUT2D eigenvalue weighted by molar-refractivity contribution is 5.95. The first kappa shape index (κ1) is 19.2. The fourth-order valence-electron chi connectivity index (χ4n) is 2.74. The van der Waals surface area contributed by atoms with Crippen molar-refractivity contribution in [2.75, 3.05) is 5.32 Å². The second-order valence-electron chi connectivity index (χ2n) is 6.18. The number of carbonyl (C=O) groups is 2. The highest BCUT2D eigenvalue weighted by Gasteiger charge is 2.19. The van der Waals surface area contributed by atoms with Crippen LogP contribution in [0, 0.1) is 11.6 Å². The standard InChI is InChI=1S/C22H18F2N2O2/c23-18-12-11-17(13-19(18)24)25-21(27)14-20(15-7-3-1-4-8-15)26-22(28)16-9-5-2-6-10-16/h1-13,20H,14H2,(H,25,27)(H,26,28)/t20-/m0/s1. The molecule has 2 N–H and O–H groups in total. The molecule has 0 bridgehead atoms. The molecule has 0 aliphatic rings. The smallest absolute Gasteiger partial charge is 0.251 e. The van der Waals surface area contributed by atoms with Crippen LogP contribution in [0.2, 0.25) is 0 Å². The van der Waals surface area contributed by atoms with Crippen molar-refractivity contribution in [2.45, 2.75) is 12.5 Å². The molecule has 0 aromatic heterocycles. The van der Waals surface area contributed by atoms with Crippen LogP contribution in [0.3, 0.4) is 0 Å². The van der Waals surface area contributed by atoms with Gasteiger partial charge in [-0.25, -0.2) is 8.78 Å². The Morgan fingerprint density at radius 1 is 0.821 bits per heavy atom. The molecule has 4 nitrogen and oxygen atoms in total. The van der Waals surface area contributed by atoms with Gasteiger partial charge in [0, 0.05) is 17.3 Å². The molecule has 2 amide bonds. The Labute approximate surface area is 161 Å². The van der Waals surface area contributed by atoms with Gasteiger partial charge in [-0.1, -0.05) is 48.5 Å². The van der Waals surface area contributed by atoms with Gasteiger partial charge in [0.1, 0.15) is 0 Å². The van der Waals surface area contributed by atoms with Crippen LogP contribution in [0.15, 0.2) is 78.9 Å². The average Bonchev–Trinajstić information content (AvgIpc) is 2.71. The van der Waals surface area contributed by atoms with E-state index in [1.54, 1.807) is 42.5 Å². The van der Waals surface area contributed by atoms with Crippen LogP contribution >= 0.6 is 0 Å². The van der Waals surface area contributed by atoms with E-state index in [9.17, 15) is 18.4 Å². The molecule has 1 atom stereocenters. The van der Waals surface area contributed by atoms with Gasteiger partial charge in [0.15, 0.2) is 11.6 Å². The van der Waals surface area contributed by atoms with E-state index in [0.29, 0.717) is 5.56 Å². The molecule has 0 saturated carbocycles. The minimum Gasteiger partial charge on any atom is -0.345 e. The van der Waals surface area contributed by atoms with Crippen LogP contribution in [0.4, 0.5) is 14.5 Å². The molecule has 0 aliphatic carbocycles. The van der Waals surface area contributed by atoms with E-state index in [-0.39, 0.29) is 18.0 Å². The number of anilines is 1. The summed E-state index contributed by atoms with van der Waals surface area (Å²) in [7, 11) is 0. The lowest BCUT2D eigenvalue weighted by Crippen LogP contribution is -2.31. The normalized spacial score (nSPS) is 11.5. The van der Waals surface area contributed by atoms with Crippen LogP contribution in [0.1, 0.15) is 28.4 Å². The quantitative estimate of drug-likeness (QED) is 0.663. The minimum atomic E-state index is -1.05. The first-order valence-corrected chi connectivity index (χ1v) is 8.68. The van der Waals surface area contributed by atoms with Crippen molar-refractivity contribution in [1.82, 2.24) is 5.32 Å². The molecule has 142 valence electrons.